The molecule has 1 aromatic heterocycles. The van der Waals surface area contributed by atoms with E-state index in [-0.39, 0.29) is 33.2 Å². The molecular formula is C26H24ClFN2O3S2. The fourth-order valence-electron chi connectivity index (χ4n) is 3.78. The van der Waals surface area contributed by atoms with Gasteiger partial charge < -0.3 is 4.74 Å². The number of rotatable bonds is 6. The number of fused-ring (bicyclic) bond motifs is 1. The van der Waals surface area contributed by atoms with E-state index in [1.807, 2.05) is 44.4 Å². The van der Waals surface area contributed by atoms with E-state index in [9.17, 15) is 14.0 Å². The van der Waals surface area contributed by atoms with Gasteiger partial charge in [0.15, 0.2) is 4.80 Å². The molecule has 0 fully saturated rings. The molecule has 9 heteroatoms. The van der Waals surface area contributed by atoms with Crippen molar-refractivity contribution in [3.63, 3.8) is 0 Å². The van der Waals surface area contributed by atoms with Gasteiger partial charge in [0.05, 0.1) is 33.5 Å². The van der Waals surface area contributed by atoms with E-state index in [2.05, 4.69) is 4.99 Å². The average Bonchev–Trinajstić information content (AvgIpc) is 3.13. The number of nitrogens with zero attached hydrogens (tertiary/aromatic N) is 2. The number of allylic oxidation sites excluding steroid dienone is 1. The van der Waals surface area contributed by atoms with Crippen LogP contribution in [0.5, 0.6) is 0 Å². The van der Waals surface area contributed by atoms with Crippen molar-refractivity contribution < 1.29 is 13.9 Å². The summed E-state index contributed by atoms with van der Waals surface area (Å²) in [5.41, 5.74) is 1.30. The first-order chi connectivity index (χ1) is 16.7. The van der Waals surface area contributed by atoms with Crippen LogP contribution in [0.25, 0.3) is 6.08 Å². The molecular weight excluding hydrogens is 507 g/mol. The lowest BCUT2D eigenvalue weighted by Gasteiger charge is -2.25. The minimum atomic E-state index is -0.722. The molecule has 182 valence electrons. The lowest BCUT2D eigenvalue weighted by atomic mass is 9.96. The minimum Gasteiger partial charge on any atom is -0.462 e. The standard InChI is InChI=1S/C26H24ClFN2O3S2/c1-14(2)13-33-25(32)22-15(3)29-26-30(23(22)16-8-10-17(34-4)11-9-16)24(31)21(35-26)12-18-19(27)6-5-7-20(18)28/h5-12,14,23H,13H2,1-4H3. The van der Waals surface area contributed by atoms with Gasteiger partial charge in [-0.05, 0) is 55.0 Å². The zero-order chi connectivity index (χ0) is 25.3. The van der Waals surface area contributed by atoms with Crippen molar-refractivity contribution in [1.82, 2.24) is 4.57 Å². The Morgan fingerprint density at radius 3 is 2.63 bits per heavy atom. The molecule has 0 N–H and O–H groups in total. The molecule has 4 rings (SSSR count). The number of hydrogen-bond donors (Lipinski definition) is 0. The van der Waals surface area contributed by atoms with Gasteiger partial charge in [0.25, 0.3) is 5.56 Å². The van der Waals surface area contributed by atoms with Crippen molar-refractivity contribution in [1.29, 1.82) is 0 Å². The average molecular weight is 531 g/mol. The highest BCUT2D eigenvalue weighted by atomic mass is 35.5. The van der Waals surface area contributed by atoms with Crippen LogP contribution in [0.4, 0.5) is 4.39 Å². The summed E-state index contributed by atoms with van der Waals surface area (Å²) in [6.45, 7) is 5.90. The Kier molecular flexibility index (Phi) is 7.64. The van der Waals surface area contributed by atoms with Gasteiger partial charge in [-0.25, -0.2) is 14.2 Å². The van der Waals surface area contributed by atoms with Gasteiger partial charge in [0.2, 0.25) is 0 Å². The number of carbonyl (C=O) groups is 1. The molecule has 5 nitrogen and oxygen atoms in total. The topological polar surface area (TPSA) is 60.7 Å². The normalized spacial score (nSPS) is 15.9. The fraction of sp³-hybridized carbons (Fsp3) is 0.269. The first kappa shape index (κ1) is 25.4. The highest BCUT2D eigenvalue weighted by Gasteiger charge is 2.33. The number of hydrogen-bond acceptors (Lipinski definition) is 6. The van der Waals surface area contributed by atoms with Gasteiger partial charge in [-0.3, -0.25) is 9.36 Å². The molecule has 1 unspecified atom stereocenters. The molecule has 1 aliphatic rings. The van der Waals surface area contributed by atoms with Crippen LogP contribution >= 0.6 is 34.7 Å². The third kappa shape index (κ3) is 5.15. The van der Waals surface area contributed by atoms with Crippen LogP contribution in [0.2, 0.25) is 5.02 Å². The van der Waals surface area contributed by atoms with Gasteiger partial charge in [-0.1, -0.05) is 55.0 Å². The van der Waals surface area contributed by atoms with Gasteiger partial charge in [-0.2, -0.15) is 0 Å². The van der Waals surface area contributed by atoms with E-state index in [1.165, 1.54) is 22.8 Å². The predicted octanol–water partition coefficient (Wildman–Crippen LogP) is 4.95. The maximum absolute atomic E-state index is 14.4. The first-order valence-electron chi connectivity index (χ1n) is 11.0. The molecule has 2 heterocycles. The Bertz CT molecular complexity index is 1470. The van der Waals surface area contributed by atoms with Gasteiger partial charge in [-0.15, -0.1) is 11.8 Å². The van der Waals surface area contributed by atoms with Gasteiger partial charge in [0, 0.05) is 10.5 Å². The zero-order valence-electron chi connectivity index (χ0n) is 19.7. The number of halogens is 2. The van der Waals surface area contributed by atoms with Crippen molar-refractivity contribution in [3.05, 3.63) is 95.4 Å². The highest BCUT2D eigenvalue weighted by molar-refractivity contribution is 7.98. The highest BCUT2D eigenvalue weighted by Crippen LogP contribution is 2.32. The second-order valence-corrected chi connectivity index (χ2v) is 10.8. The summed E-state index contributed by atoms with van der Waals surface area (Å²) < 4.78 is 21.7. The van der Waals surface area contributed by atoms with Crippen LogP contribution in [-0.4, -0.2) is 23.4 Å². The molecule has 3 aromatic rings. The Labute approximate surface area is 215 Å². The van der Waals surface area contributed by atoms with Crippen LogP contribution in [-0.2, 0) is 9.53 Å². The number of carbonyl (C=O) groups excluding carboxylic acids is 1. The largest absolute Gasteiger partial charge is 0.462 e. The molecule has 0 saturated heterocycles. The van der Waals surface area contributed by atoms with E-state index in [4.69, 9.17) is 16.3 Å². The lowest BCUT2D eigenvalue weighted by molar-refractivity contribution is -0.140. The molecule has 2 aromatic carbocycles. The molecule has 0 amide bonds. The number of thiazole rings is 1. The Balaban J connectivity index is 1.93. The fourth-order valence-corrected chi connectivity index (χ4v) is 5.44. The van der Waals surface area contributed by atoms with E-state index in [0.717, 1.165) is 21.8 Å². The summed E-state index contributed by atoms with van der Waals surface area (Å²) in [5, 5.41) is 0.203. The van der Waals surface area contributed by atoms with Gasteiger partial charge in [0.1, 0.15) is 5.82 Å². The van der Waals surface area contributed by atoms with E-state index >= 15 is 0 Å². The Hall–Kier alpha value is -2.68. The van der Waals surface area contributed by atoms with Crippen molar-refractivity contribution in [2.45, 2.75) is 31.7 Å². The van der Waals surface area contributed by atoms with Crippen LogP contribution in [0, 0.1) is 11.7 Å². The molecule has 0 spiro atoms. The quantitative estimate of drug-likeness (QED) is 0.334. The maximum atomic E-state index is 14.4. The maximum Gasteiger partial charge on any atom is 0.338 e. The monoisotopic (exact) mass is 530 g/mol. The van der Waals surface area contributed by atoms with Crippen molar-refractivity contribution in [3.8, 4) is 0 Å². The van der Waals surface area contributed by atoms with Crippen LogP contribution < -0.4 is 14.9 Å². The van der Waals surface area contributed by atoms with Crippen LogP contribution in [0.1, 0.15) is 37.9 Å². The summed E-state index contributed by atoms with van der Waals surface area (Å²) >= 11 is 8.92. The Morgan fingerprint density at radius 1 is 1.29 bits per heavy atom. The summed E-state index contributed by atoms with van der Waals surface area (Å²) in [7, 11) is 0. The molecule has 0 radical (unpaired) electrons. The van der Waals surface area contributed by atoms with E-state index in [0.29, 0.717) is 16.1 Å². The van der Waals surface area contributed by atoms with Crippen molar-refractivity contribution in [2.75, 3.05) is 12.9 Å². The third-order valence-electron chi connectivity index (χ3n) is 5.50. The number of ether oxygens (including phenoxy) is 1. The summed E-state index contributed by atoms with van der Waals surface area (Å²) in [4.78, 5) is 32.9. The smallest absolute Gasteiger partial charge is 0.338 e. The van der Waals surface area contributed by atoms with E-state index in [1.54, 1.807) is 24.8 Å². The van der Waals surface area contributed by atoms with Crippen molar-refractivity contribution >= 4 is 46.7 Å². The first-order valence-corrected chi connectivity index (χ1v) is 13.4. The second kappa shape index (κ2) is 10.5. The molecule has 1 atom stereocenters. The molecule has 0 saturated carbocycles. The predicted molar refractivity (Wildman–Crippen MR) is 139 cm³/mol. The summed E-state index contributed by atoms with van der Waals surface area (Å²) in [6.07, 6.45) is 3.41. The molecule has 35 heavy (non-hydrogen) atoms. The van der Waals surface area contributed by atoms with Crippen molar-refractivity contribution in [2.24, 2.45) is 10.9 Å². The number of benzene rings is 2. The zero-order valence-corrected chi connectivity index (χ0v) is 22.1. The summed E-state index contributed by atoms with van der Waals surface area (Å²) in [6, 6.07) is 11.3. The van der Waals surface area contributed by atoms with Crippen LogP contribution in [0.3, 0.4) is 0 Å². The van der Waals surface area contributed by atoms with E-state index < -0.39 is 17.8 Å². The lowest BCUT2D eigenvalue weighted by Crippen LogP contribution is -2.40. The third-order valence-corrected chi connectivity index (χ3v) is 7.55. The Morgan fingerprint density at radius 2 is 2.00 bits per heavy atom. The summed E-state index contributed by atoms with van der Waals surface area (Å²) in [5.74, 6) is -0.877. The number of esters is 1. The second-order valence-electron chi connectivity index (χ2n) is 8.48. The van der Waals surface area contributed by atoms with Gasteiger partial charge >= 0.3 is 5.97 Å². The van der Waals surface area contributed by atoms with Crippen LogP contribution in [0.15, 0.2) is 68.4 Å². The number of aromatic nitrogens is 1. The molecule has 1 aliphatic heterocycles. The molecule has 0 aliphatic carbocycles. The number of thioether (sulfide) groups is 1. The minimum absolute atomic E-state index is 0.132. The molecule has 0 bridgehead atoms. The SMILES string of the molecule is CSc1ccc(C2C(C(=O)OCC(C)C)=C(C)N=c3sc(=Cc4c(F)cccc4Cl)c(=O)n32)cc1.